The molecule has 0 aliphatic rings. The fourth-order valence-electron chi connectivity index (χ4n) is 3.28. The van der Waals surface area contributed by atoms with Crippen LogP contribution in [-0.4, -0.2) is 44.0 Å². The van der Waals surface area contributed by atoms with Crippen LogP contribution >= 0.6 is 0 Å². The van der Waals surface area contributed by atoms with E-state index in [4.69, 9.17) is 21.8 Å². The molecule has 27 heavy (non-hydrogen) atoms. The van der Waals surface area contributed by atoms with Crippen molar-refractivity contribution in [1.29, 1.82) is 0 Å². The average molecular weight is 423 g/mol. The van der Waals surface area contributed by atoms with Crippen molar-refractivity contribution < 1.29 is 21.8 Å². The van der Waals surface area contributed by atoms with Crippen LogP contribution in [0.15, 0.2) is 0 Å². The minimum atomic E-state index is -3.17. The first-order valence-electron chi connectivity index (χ1n) is 11.3. The Bertz CT molecular complexity index is 302. The molecule has 0 saturated heterocycles. The minimum absolute atomic E-state index is 0.522. The summed E-state index contributed by atoms with van der Waals surface area (Å²) in [6.07, 6.45) is 9.72. The third-order valence-electron chi connectivity index (χ3n) is 4.50. The van der Waals surface area contributed by atoms with Crippen molar-refractivity contribution >= 4 is 17.6 Å². The van der Waals surface area contributed by atoms with Crippen LogP contribution in [0.1, 0.15) is 92.9 Å². The lowest BCUT2D eigenvalue weighted by atomic mass is 10.2. The molecule has 0 spiro atoms. The molecule has 0 aromatic carbocycles. The van der Waals surface area contributed by atoms with Gasteiger partial charge in [-0.05, 0) is 39.8 Å². The molecule has 0 saturated carbocycles. The van der Waals surface area contributed by atoms with Crippen molar-refractivity contribution in [2.24, 2.45) is 0 Å². The second-order valence-corrected chi connectivity index (χ2v) is 12.7. The molecule has 0 aromatic rings. The monoisotopic (exact) mass is 422 g/mol. The van der Waals surface area contributed by atoms with Crippen LogP contribution < -0.4 is 0 Å². The largest absolute Gasteiger partial charge is 0.670 e. The van der Waals surface area contributed by atoms with Gasteiger partial charge in [-0.1, -0.05) is 65.2 Å². The van der Waals surface area contributed by atoms with Crippen molar-refractivity contribution in [1.82, 2.24) is 0 Å². The first-order valence-corrected chi connectivity index (χ1v) is 15.2. The van der Waals surface area contributed by atoms with Gasteiger partial charge in [-0.3, -0.25) is 0 Å². The molecule has 0 heterocycles. The summed E-state index contributed by atoms with van der Waals surface area (Å²) in [6, 6.07) is 1.99. The molecule has 0 rings (SSSR count). The van der Waals surface area contributed by atoms with Gasteiger partial charge in [0.25, 0.3) is 0 Å². The SMILES string of the molecule is CCCCCC[Si](CCCCCC)(OCC)O[Si](OCC)(OCC)OCC. The lowest BCUT2D eigenvalue weighted by Crippen LogP contribution is -2.59. The van der Waals surface area contributed by atoms with E-state index in [1.54, 1.807) is 0 Å². The lowest BCUT2D eigenvalue weighted by Gasteiger charge is -2.38. The maximum absolute atomic E-state index is 6.74. The molecule has 0 unspecified atom stereocenters. The molecule has 0 radical (unpaired) electrons. The zero-order chi connectivity index (χ0) is 20.4. The Kier molecular flexibility index (Phi) is 17.3. The van der Waals surface area contributed by atoms with Gasteiger partial charge in [0, 0.05) is 26.4 Å². The van der Waals surface area contributed by atoms with Gasteiger partial charge in [-0.25, -0.2) is 0 Å². The Hall–Kier alpha value is 0.234. The van der Waals surface area contributed by atoms with Crippen LogP contribution in [0.25, 0.3) is 0 Å². The normalized spacial score (nSPS) is 12.7. The van der Waals surface area contributed by atoms with E-state index in [2.05, 4.69) is 20.8 Å². The molecule has 7 heteroatoms. The molecule has 0 fully saturated rings. The Balaban J connectivity index is 5.40. The van der Waals surface area contributed by atoms with Gasteiger partial charge in [0.1, 0.15) is 0 Å². The third kappa shape index (κ3) is 11.7. The molecule has 0 bridgehead atoms. The molecular weight excluding hydrogens is 376 g/mol. The molecule has 0 aromatic heterocycles. The molecule has 0 N–H and O–H groups in total. The summed E-state index contributed by atoms with van der Waals surface area (Å²) in [5.41, 5.74) is 0. The van der Waals surface area contributed by atoms with E-state index in [1.165, 1.54) is 38.5 Å². The van der Waals surface area contributed by atoms with Crippen LogP contribution in [0, 0.1) is 0 Å². The van der Waals surface area contributed by atoms with Crippen molar-refractivity contribution in [2.45, 2.75) is 105 Å². The zero-order valence-electron chi connectivity index (χ0n) is 18.9. The molecular formula is C20H46O5Si2. The van der Waals surface area contributed by atoms with Gasteiger partial charge in [0.05, 0.1) is 0 Å². The standard InChI is InChI=1S/C20H46O5Si2/c1-7-13-15-17-19-26(21-9-3,20-18-16-14-8-2)25-27(22-10-4,23-11-5)24-12-6/h7-20H2,1-6H3. The molecule has 5 nitrogen and oxygen atoms in total. The van der Waals surface area contributed by atoms with Crippen molar-refractivity contribution in [2.75, 3.05) is 26.4 Å². The Morgan fingerprint density at radius 3 is 1.22 bits per heavy atom. The van der Waals surface area contributed by atoms with E-state index < -0.39 is 17.6 Å². The molecule has 0 atom stereocenters. The van der Waals surface area contributed by atoms with Crippen LogP contribution in [0.2, 0.25) is 12.1 Å². The maximum Gasteiger partial charge on any atom is 0.670 e. The van der Waals surface area contributed by atoms with E-state index in [0.29, 0.717) is 26.4 Å². The molecule has 0 aliphatic heterocycles. The first kappa shape index (κ1) is 27.2. The lowest BCUT2D eigenvalue weighted by molar-refractivity contribution is -0.00361. The highest BCUT2D eigenvalue weighted by Crippen LogP contribution is 2.30. The van der Waals surface area contributed by atoms with Gasteiger partial charge >= 0.3 is 17.6 Å². The van der Waals surface area contributed by atoms with Gasteiger partial charge in [-0.15, -0.1) is 0 Å². The number of unbranched alkanes of at least 4 members (excludes halogenated alkanes) is 6. The number of rotatable bonds is 20. The van der Waals surface area contributed by atoms with Crippen molar-refractivity contribution in [3.05, 3.63) is 0 Å². The molecule has 0 amide bonds. The fourth-order valence-corrected chi connectivity index (χ4v) is 10.8. The topological polar surface area (TPSA) is 46.2 Å². The van der Waals surface area contributed by atoms with Crippen LogP contribution in [0.5, 0.6) is 0 Å². The van der Waals surface area contributed by atoms with Gasteiger partial charge in [0.15, 0.2) is 0 Å². The highest BCUT2D eigenvalue weighted by atomic mass is 28.5. The summed E-state index contributed by atoms with van der Waals surface area (Å²) in [6.45, 7) is 14.7. The summed E-state index contributed by atoms with van der Waals surface area (Å²) in [4.78, 5) is 0. The fraction of sp³-hybridized carbons (Fsp3) is 1.00. The third-order valence-corrected chi connectivity index (χ3v) is 12.0. The predicted molar refractivity (Wildman–Crippen MR) is 117 cm³/mol. The summed E-state index contributed by atoms with van der Waals surface area (Å²) >= 11 is 0. The first-order chi connectivity index (χ1) is 13.1. The van der Waals surface area contributed by atoms with E-state index in [-0.39, 0.29) is 0 Å². The maximum atomic E-state index is 6.74. The summed E-state index contributed by atoms with van der Waals surface area (Å²) in [5, 5.41) is 0. The number of hydrogen-bond donors (Lipinski definition) is 0. The van der Waals surface area contributed by atoms with Crippen molar-refractivity contribution in [3.8, 4) is 0 Å². The highest BCUT2D eigenvalue weighted by molar-refractivity contribution is 6.76. The Morgan fingerprint density at radius 1 is 0.481 bits per heavy atom. The zero-order valence-corrected chi connectivity index (χ0v) is 20.9. The highest BCUT2D eigenvalue weighted by Gasteiger charge is 2.53. The Labute approximate surface area is 171 Å². The van der Waals surface area contributed by atoms with Crippen molar-refractivity contribution in [3.63, 3.8) is 0 Å². The second kappa shape index (κ2) is 17.1. The molecule has 0 aliphatic carbocycles. The van der Waals surface area contributed by atoms with E-state index in [0.717, 1.165) is 24.9 Å². The average Bonchev–Trinajstić information content (AvgIpc) is 2.63. The summed E-state index contributed by atoms with van der Waals surface area (Å²) < 4.78 is 31.1. The summed E-state index contributed by atoms with van der Waals surface area (Å²) in [5.74, 6) is 0. The van der Waals surface area contributed by atoms with E-state index >= 15 is 0 Å². The smallest absolute Gasteiger partial charge is 0.395 e. The van der Waals surface area contributed by atoms with Gasteiger partial charge in [0.2, 0.25) is 0 Å². The second-order valence-electron chi connectivity index (χ2n) is 6.87. The van der Waals surface area contributed by atoms with E-state index in [1.807, 2.05) is 20.8 Å². The van der Waals surface area contributed by atoms with Crippen LogP contribution in [-0.2, 0) is 21.8 Å². The van der Waals surface area contributed by atoms with Gasteiger partial charge < -0.3 is 21.8 Å². The quantitative estimate of drug-likeness (QED) is 0.173. The Morgan fingerprint density at radius 2 is 0.889 bits per heavy atom. The number of hydrogen-bond acceptors (Lipinski definition) is 5. The van der Waals surface area contributed by atoms with Gasteiger partial charge in [-0.2, -0.15) is 0 Å². The minimum Gasteiger partial charge on any atom is -0.395 e. The van der Waals surface area contributed by atoms with Crippen LogP contribution in [0.4, 0.5) is 0 Å². The molecule has 164 valence electrons. The van der Waals surface area contributed by atoms with E-state index in [9.17, 15) is 0 Å². The summed E-state index contributed by atoms with van der Waals surface area (Å²) in [7, 11) is -5.62. The van der Waals surface area contributed by atoms with Crippen LogP contribution in [0.3, 0.4) is 0 Å². The predicted octanol–water partition coefficient (Wildman–Crippen LogP) is 6.19.